The average molecular weight is 268 g/mol. The normalized spacial score (nSPS) is 28.6. The molecule has 0 aromatic rings. The molecule has 19 heavy (non-hydrogen) atoms. The van der Waals surface area contributed by atoms with E-state index in [1.165, 1.54) is 12.8 Å². The summed E-state index contributed by atoms with van der Waals surface area (Å²) in [6.45, 7) is 6.33. The first-order chi connectivity index (χ1) is 9.10. The zero-order valence-corrected chi connectivity index (χ0v) is 12.3. The van der Waals surface area contributed by atoms with Gasteiger partial charge in [0.2, 0.25) is 5.91 Å². The van der Waals surface area contributed by atoms with E-state index in [2.05, 4.69) is 10.2 Å². The van der Waals surface area contributed by atoms with E-state index in [1.54, 1.807) is 0 Å². The number of hydrogen-bond donors (Lipinski definition) is 2. The Morgan fingerprint density at radius 3 is 2.68 bits per heavy atom. The maximum Gasteiger partial charge on any atom is 0.222 e. The summed E-state index contributed by atoms with van der Waals surface area (Å²) in [7, 11) is 0. The number of nitrogens with zero attached hydrogens (tertiary/aromatic N) is 1. The second-order valence-corrected chi connectivity index (χ2v) is 6.51. The fourth-order valence-electron chi connectivity index (χ4n) is 3.04. The van der Waals surface area contributed by atoms with Crippen LogP contribution in [0.1, 0.15) is 46.0 Å². The van der Waals surface area contributed by atoms with Gasteiger partial charge < -0.3 is 10.4 Å². The van der Waals surface area contributed by atoms with Crippen LogP contribution in [0.5, 0.6) is 0 Å². The molecule has 0 radical (unpaired) electrons. The number of piperidine rings is 1. The lowest BCUT2D eigenvalue weighted by atomic mass is 9.90. The molecule has 4 heteroatoms. The fraction of sp³-hybridized carbons (Fsp3) is 0.933. The molecule has 110 valence electrons. The molecule has 1 amide bonds. The van der Waals surface area contributed by atoms with Crippen molar-refractivity contribution in [1.82, 2.24) is 10.2 Å². The van der Waals surface area contributed by atoms with Gasteiger partial charge in [-0.25, -0.2) is 0 Å². The fourth-order valence-corrected chi connectivity index (χ4v) is 3.04. The van der Waals surface area contributed by atoms with Crippen LogP contribution in [-0.2, 0) is 4.79 Å². The van der Waals surface area contributed by atoms with E-state index in [0.29, 0.717) is 12.0 Å². The van der Waals surface area contributed by atoms with Gasteiger partial charge in [-0.1, -0.05) is 13.8 Å². The largest absolute Gasteiger partial charge is 0.396 e. The first-order valence-electron chi connectivity index (χ1n) is 7.75. The van der Waals surface area contributed by atoms with Gasteiger partial charge in [0, 0.05) is 37.7 Å². The number of rotatable bonds is 6. The van der Waals surface area contributed by atoms with Gasteiger partial charge >= 0.3 is 0 Å². The number of aliphatic hydroxyl groups excluding tert-OH is 1. The Balaban J connectivity index is 1.88. The van der Waals surface area contributed by atoms with Crippen LogP contribution in [0.25, 0.3) is 0 Å². The SMILES string of the molecule is CC(C)C(=O)NC1CC(CCCO)CN(C2CC2)C1. The topological polar surface area (TPSA) is 52.6 Å². The second-order valence-electron chi connectivity index (χ2n) is 6.51. The first kappa shape index (κ1) is 14.8. The molecule has 2 aliphatic rings. The summed E-state index contributed by atoms with van der Waals surface area (Å²) in [5, 5.41) is 12.2. The van der Waals surface area contributed by atoms with Gasteiger partial charge in [-0.2, -0.15) is 0 Å². The Morgan fingerprint density at radius 2 is 2.11 bits per heavy atom. The van der Waals surface area contributed by atoms with Crippen molar-refractivity contribution in [2.45, 2.75) is 58.0 Å². The number of aliphatic hydroxyl groups is 1. The zero-order chi connectivity index (χ0) is 13.8. The van der Waals surface area contributed by atoms with Crippen molar-refractivity contribution in [1.29, 1.82) is 0 Å². The van der Waals surface area contributed by atoms with Gasteiger partial charge in [-0.3, -0.25) is 9.69 Å². The van der Waals surface area contributed by atoms with Crippen molar-refractivity contribution in [3.05, 3.63) is 0 Å². The molecule has 0 aromatic heterocycles. The second kappa shape index (κ2) is 6.71. The predicted octanol–water partition coefficient (Wildman–Crippen LogP) is 1.38. The molecule has 1 saturated heterocycles. The molecule has 2 unspecified atom stereocenters. The number of likely N-dealkylation sites (tertiary alicyclic amines) is 1. The quantitative estimate of drug-likeness (QED) is 0.765. The molecule has 1 aliphatic carbocycles. The van der Waals surface area contributed by atoms with Gasteiger partial charge in [0.05, 0.1) is 0 Å². The van der Waals surface area contributed by atoms with Crippen molar-refractivity contribution in [2.75, 3.05) is 19.7 Å². The van der Waals surface area contributed by atoms with Gasteiger partial charge in [0.25, 0.3) is 0 Å². The van der Waals surface area contributed by atoms with Crippen LogP contribution < -0.4 is 5.32 Å². The molecule has 2 rings (SSSR count). The number of carbonyl (C=O) groups excluding carboxylic acids is 1. The molecule has 1 saturated carbocycles. The summed E-state index contributed by atoms with van der Waals surface area (Å²) in [6, 6.07) is 1.06. The van der Waals surface area contributed by atoms with E-state index in [0.717, 1.165) is 38.4 Å². The third-order valence-corrected chi connectivity index (χ3v) is 4.27. The summed E-state index contributed by atoms with van der Waals surface area (Å²) < 4.78 is 0. The predicted molar refractivity (Wildman–Crippen MR) is 75.8 cm³/mol. The van der Waals surface area contributed by atoms with Crippen molar-refractivity contribution in [2.24, 2.45) is 11.8 Å². The van der Waals surface area contributed by atoms with E-state index in [1.807, 2.05) is 13.8 Å². The highest BCUT2D eigenvalue weighted by Gasteiger charge is 2.36. The molecule has 4 nitrogen and oxygen atoms in total. The monoisotopic (exact) mass is 268 g/mol. The summed E-state index contributed by atoms with van der Waals surface area (Å²) in [6.07, 6.45) is 5.67. The van der Waals surface area contributed by atoms with E-state index in [4.69, 9.17) is 5.11 Å². The van der Waals surface area contributed by atoms with Crippen LogP contribution in [0.2, 0.25) is 0 Å². The molecule has 0 spiro atoms. The maximum atomic E-state index is 11.9. The Labute approximate surface area is 116 Å². The van der Waals surface area contributed by atoms with E-state index < -0.39 is 0 Å². The van der Waals surface area contributed by atoms with E-state index >= 15 is 0 Å². The van der Waals surface area contributed by atoms with Gasteiger partial charge in [-0.15, -0.1) is 0 Å². The maximum absolute atomic E-state index is 11.9. The molecule has 2 N–H and O–H groups in total. The lowest BCUT2D eigenvalue weighted by molar-refractivity contribution is -0.125. The van der Waals surface area contributed by atoms with Gasteiger partial charge in [0.1, 0.15) is 0 Å². The minimum atomic E-state index is 0.0622. The van der Waals surface area contributed by atoms with Crippen LogP contribution >= 0.6 is 0 Å². The summed E-state index contributed by atoms with van der Waals surface area (Å²) in [4.78, 5) is 14.4. The van der Waals surface area contributed by atoms with Crippen molar-refractivity contribution >= 4 is 5.91 Å². The lowest BCUT2D eigenvalue weighted by Gasteiger charge is -2.38. The summed E-state index contributed by atoms with van der Waals surface area (Å²) >= 11 is 0. The van der Waals surface area contributed by atoms with Gasteiger partial charge in [-0.05, 0) is 38.0 Å². The van der Waals surface area contributed by atoms with E-state index in [9.17, 15) is 4.79 Å². The number of amides is 1. The zero-order valence-electron chi connectivity index (χ0n) is 12.3. The van der Waals surface area contributed by atoms with Crippen molar-refractivity contribution < 1.29 is 9.90 Å². The molecule has 2 atom stereocenters. The molecule has 0 bridgehead atoms. The average Bonchev–Trinajstić information content (AvgIpc) is 3.20. The number of carbonyl (C=O) groups is 1. The highest BCUT2D eigenvalue weighted by Crippen LogP contribution is 2.32. The highest BCUT2D eigenvalue weighted by molar-refractivity contribution is 5.78. The molecule has 0 aromatic carbocycles. The van der Waals surface area contributed by atoms with Crippen LogP contribution in [0.4, 0.5) is 0 Å². The number of hydrogen-bond acceptors (Lipinski definition) is 3. The Bertz CT molecular complexity index is 303. The summed E-state index contributed by atoms with van der Waals surface area (Å²) in [5.74, 6) is 0.856. The van der Waals surface area contributed by atoms with Crippen LogP contribution in [0.15, 0.2) is 0 Å². The lowest BCUT2D eigenvalue weighted by Crippen LogP contribution is -2.52. The van der Waals surface area contributed by atoms with E-state index in [-0.39, 0.29) is 18.4 Å². The first-order valence-corrected chi connectivity index (χ1v) is 7.75. The van der Waals surface area contributed by atoms with Crippen LogP contribution in [0.3, 0.4) is 0 Å². The third kappa shape index (κ3) is 4.46. The summed E-state index contributed by atoms with van der Waals surface area (Å²) in [5.41, 5.74) is 0. The molecule has 2 fully saturated rings. The van der Waals surface area contributed by atoms with Crippen molar-refractivity contribution in [3.8, 4) is 0 Å². The standard InChI is InChI=1S/C15H28N2O2/c1-11(2)15(19)16-13-8-12(4-3-7-18)9-17(10-13)14-5-6-14/h11-14,18H,3-10H2,1-2H3,(H,16,19). The minimum absolute atomic E-state index is 0.0622. The van der Waals surface area contributed by atoms with Crippen LogP contribution in [0, 0.1) is 11.8 Å². The third-order valence-electron chi connectivity index (χ3n) is 4.27. The molecule has 1 aliphatic heterocycles. The molecular formula is C15H28N2O2. The molecular weight excluding hydrogens is 240 g/mol. The van der Waals surface area contributed by atoms with Crippen molar-refractivity contribution in [3.63, 3.8) is 0 Å². The Hall–Kier alpha value is -0.610. The Morgan fingerprint density at radius 1 is 1.37 bits per heavy atom. The minimum Gasteiger partial charge on any atom is -0.396 e. The smallest absolute Gasteiger partial charge is 0.222 e. The van der Waals surface area contributed by atoms with Crippen LogP contribution in [-0.4, -0.2) is 47.7 Å². The molecule has 1 heterocycles. The number of nitrogens with one attached hydrogen (secondary N) is 1. The van der Waals surface area contributed by atoms with Gasteiger partial charge in [0.15, 0.2) is 0 Å². The Kier molecular flexibility index (Phi) is 5.22. The highest BCUT2D eigenvalue weighted by atomic mass is 16.2.